The summed E-state index contributed by atoms with van der Waals surface area (Å²) < 4.78 is 15.8. The van der Waals surface area contributed by atoms with Crippen LogP contribution in [-0.4, -0.2) is 57.7 Å². The Bertz CT molecular complexity index is 1150. The lowest BCUT2D eigenvalue weighted by molar-refractivity contribution is -0.133. The molecule has 0 aliphatic carbocycles. The number of piperidine rings is 1. The Morgan fingerprint density at radius 1 is 1.34 bits per heavy atom. The van der Waals surface area contributed by atoms with Crippen molar-refractivity contribution in [3.63, 3.8) is 0 Å². The molecule has 164 valence electrons. The molecule has 1 aliphatic heterocycles. The van der Waals surface area contributed by atoms with E-state index < -0.39 is 5.82 Å². The first-order chi connectivity index (χ1) is 15.4. The fourth-order valence-electron chi connectivity index (χ4n) is 4.00. The second kappa shape index (κ2) is 9.14. The number of amides is 1. The molecule has 1 atom stereocenters. The van der Waals surface area contributed by atoms with Gasteiger partial charge in [0.2, 0.25) is 11.9 Å². The molecule has 32 heavy (non-hydrogen) atoms. The lowest BCUT2D eigenvalue weighted by Crippen LogP contribution is -2.41. The van der Waals surface area contributed by atoms with E-state index in [0.717, 1.165) is 18.5 Å². The molecular weight excluding hydrogens is 409 g/mol. The summed E-state index contributed by atoms with van der Waals surface area (Å²) in [7, 11) is 3.71. The van der Waals surface area contributed by atoms with E-state index in [4.69, 9.17) is 4.98 Å². The van der Waals surface area contributed by atoms with Crippen molar-refractivity contribution < 1.29 is 9.18 Å². The van der Waals surface area contributed by atoms with Gasteiger partial charge in [0.05, 0.1) is 17.3 Å². The summed E-state index contributed by atoms with van der Waals surface area (Å²) in [6.45, 7) is 1.38. The minimum atomic E-state index is -0.485. The summed E-state index contributed by atoms with van der Waals surface area (Å²) in [5.41, 5.74) is 2.23. The molecule has 1 unspecified atom stereocenters. The van der Waals surface area contributed by atoms with Crippen LogP contribution in [-0.2, 0) is 11.3 Å². The second-order valence-corrected chi connectivity index (χ2v) is 8.09. The Morgan fingerprint density at radius 2 is 2.19 bits per heavy atom. The average molecular weight is 433 g/mol. The van der Waals surface area contributed by atoms with Crippen molar-refractivity contribution in [2.24, 2.45) is 0 Å². The Morgan fingerprint density at radius 3 is 2.91 bits per heavy atom. The molecule has 3 heterocycles. The first kappa shape index (κ1) is 21.4. The van der Waals surface area contributed by atoms with Gasteiger partial charge in [-0.15, -0.1) is 0 Å². The third-order valence-corrected chi connectivity index (χ3v) is 5.56. The molecule has 3 aromatic rings. The van der Waals surface area contributed by atoms with Gasteiger partial charge in [-0.1, -0.05) is 0 Å². The topological polar surface area (TPSA) is 90.9 Å². The predicted octanol–water partition coefficient (Wildman–Crippen LogP) is 2.82. The van der Waals surface area contributed by atoms with Crippen LogP contribution in [0.2, 0.25) is 0 Å². The lowest BCUT2D eigenvalue weighted by atomic mass is 9.89. The zero-order chi connectivity index (χ0) is 22.7. The molecule has 0 radical (unpaired) electrons. The third-order valence-electron chi connectivity index (χ3n) is 5.56. The fraction of sp³-hybridized carbons (Fsp3) is 0.348. The van der Waals surface area contributed by atoms with Crippen LogP contribution in [0.15, 0.2) is 42.9 Å². The molecule has 0 N–H and O–H groups in total. The van der Waals surface area contributed by atoms with Crippen LogP contribution >= 0.6 is 0 Å². The highest BCUT2D eigenvalue weighted by Crippen LogP contribution is 2.34. The first-order valence-corrected chi connectivity index (χ1v) is 10.4. The molecule has 0 saturated carbocycles. The first-order valence-electron chi connectivity index (χ1n) is 10.4. The number of rotatable bonds is 5. The van der Waals surface area contributed by atoms with Crippen molar-refractivity contribution in [3.8, 4) is 17.2 Å². The van der Waals surface area contributed by atoms with Gasteiger partial charge in [-0.05, 0) is 42.7 Å². The molecule has 1 amide bonds. The van der Waals surface area contributed by atoms with E-state index in [0.29, 0.717) is 30.2 Å². The molecule has 0 spiro atoms. The SMILES string of the molecule is CN(C)c1ncc(-c2cc(F)cc(C#N)c2)c(C2CCCN(C(=O)Cn3cccn3)C2)n1. The summed E-state index contributed by atoms with van der Waals surface area (Å²) in [6.07, 6.45) is 6.78. The summed E-state index contributed by atoms with van der Waals surface area (Å²) in [5.74, 6) is 0.0252. The van der Waals surface area contributed by atoms with Gasteiger partial charge < -0.3 is 9.80 Å². The minimum Gasteiger partial charge on any atom is -0.347 e. The zero-order valence-corrected chi connectivity index (χ0v) is 18.1. The number of hydrogen-bond donors (Lipinski definition) is 0. The maximum atomic E-state index is 14.2. The van der Waals surface area contributed by atoms with Gasteiger partial charge >= 0.3 is 0 Å². The van der Waals surface area contributed by atoms with Crippen LogP contribution in [0.3, 0.4) is 0 Å². The summed E-state index contributed by atoms with van der Waals surface area (Å²) in [4.78, 5) is 25.7. The van der Waals surface area contributed by atoms with Gasteiger partial charge in [-0.3, -0.25) is 9.48 Å². The molecule has 9 heteroatoms. The van der Waals surface area contributed by atoms with Gasteiger partial charge in [0.1, 0.15) is 12.4 Å². The van der Waals surface area contributed by atoms with Gasteiger partial charge in [-0.2, -0.15) is 10.4 Å². The smallest absolute Gasteiger partial charge is 0.244 e. The molecular formula is C23H24FN7O. The quantitative estimate of drug-likeness (QED) is 0.615. The monoisotopic (exact) mass is 433 g/mol. The Hall–Kier alpha value is -3.80. The van der Waals surface area contributed by atoms with Gasteiger partial charge in [0.25, 0.3) is 0 Å². The number of nitriles is 1. The van der Waals surface area contributed by atoms with E-state index in [1.54, 1.807) is 35.4 Å². The van der Waals surface area contributed by atoms with E-state index in [2.05, 4.69) is 10.1 Å². The molecule has 1 fully saturated rings. The van der Waals surface area contributed by atoms with Crippen molar-refractivity contribution >= 4 is 11.9 Å². The fourth-order valence-corrected chi connectivity index (χ4v) is 4.00. The van der Waals surface area contributed by atoms with E-state index >= 15 is 0 Å². The maximum absolute atomic E-state index is 14.2. The molecule has 2 aromatic heterocycles. The number of halogens is 1. The standard InChI is InChI=1S/C23H24FN7O/c1-29(2)23-26-13-20(18-9-16(12-25)10-19(24)11-18)22(28-23)17-5-3-7-30(14-17)21(32)15-31-8-4-6-27-31/h4,6,8-11,13,17H,3,5,7,14-15H2,1-2H3. The van der Waals surface area contributed by atoms with Crippen LogP contribution in [0, 0.1) is 17.1 Å². The number of anilines is 1. The maximum Gasteiger partial charge on any atom is 0.244 e. The third kappa shape index (κ3) is 4.59. The highest BCUT2D eigenvalue weighted by molar-refractivity contribution is 5.76. The largest absolute Gasteiger partial charge is 0.347 e. The number of nitrogens with zero attached hydrogens (tertiary/aromatic N) is 7. The van der Waals surface area contributed by atoms with Gasteiger partial charge in [0.15, 0.2) is 0 Å². The highest BCUT2D eigenvalue weighted by Gasteiger charge is 2.28. The normalized spacial score (nSPS) is 15.9. The van der Waals surface area contributed by atoms with E-state index in [1.165, 1.54) is 12.1 Å². The van der Waals surface area contributed by atoms with Crippen LogP contribution in [0.5, 0.6) is 0 Å². The minimum absolute atomic E-state index is 0.000591. The van der Waals surface area contributed by atoms with Crippen molar-refractivity contribution in [1.82, 2.24) is 24.6 Å². The number of aromatic nitrogens is 4. The van der Waals surface area contributed by atoms with Gasteiger partial charge in [0, 0.05) is 57.3 Å². The Balaban J connectivity index is 1.68. The number of carbonyl (C=O) groups excluding carboxylic acids is 1. The number of likely N-dealkylation sites (tertiary alicyclic amines) is 1. The summed E-state index contributed by atoms with van der Waals surface area (Å²) in [6, 6.07) is 8.02. The lowest BCUT2D eigenvalue weighted by Gasteiger charge is -2.33. The van der Waals surface area contributed by atoms with Crippen LogP contribution < -0.4 is 4.90 Å². The molecule has 8 nitrogen and oxygen atoms in total. The average Bonchev–Trinajstić information content (AvgIpc) is 3.31. The Kier molecular flexibility index (Phi) is 6.12. The highest BCUT2D eigenvalue weighted by atomic mass is 19.1. The van der Waals surface area contributed by atoms with E-state index in [1.807, 2.05) is 30.0 Å². The summed E-state index contributed by atoms with van der Waals surface area (Å²) >= 11 is 0. The molecule has 1 aromatic carbocycles. The molecule has 1 saturated heterocycles. The zero-order valence-electron chi connectivity index (χ0n) is 18.1. The van der Waals surface area contributed by atoms with Crippen molar-refractivity contribution in [1.29, 1.82) is 5.26 Å². The number of hydrogen-bond acceptors (Lipinski definition) is 6. The summed E-state index contributed by atoms with van der Waals surface area (Å²) in [5, 5.41) is 13.4. The second-order valence-electron chi connectivity index (χ2n) is 8.09. The molecule has 4 rings (SSSR count). The van der Waals surface area contributed by atoms with Crippen LogP contribution in [0.4, 0.5) is 10.3 Å². The van der Waals surface area contributed by atoms with Crippen LogP contribution in [0.25, 0.3) is 11.1 Å². The number of carbonyl (C=O) groups is 1. The van der Waals surface area contributed by atoms with Crippen molar-refractivity contribution in [3.05, 3.63) is 59.9 Å². The molecule has 0 bridgehead atoms. The van der Waals surface area contributed by atoms with E-state index in [9.17, 15) is 14.4 Å². The molecule has 1 aliphatic rings. The number of benzene rings is 1. The van der Waals surface area contributed by atoms with Crippen molar-refractivity contribution in [2.75, 3.05) is 32.1 Å². The van der Waals surface area contributed by atoms with Crippen molar-refractivity contribution in [2.45, 2.75) is 25.3 Å². The predicted molar refractivity (Wildman–Crippen MR) is 117 cm³/mol. The van der Waals surface area contributed by atoms with Crippen LogP contribution in [0.1, 0.15) is 30.0 Å². The van der Waals surface area contributed by atoms with Gasteiger partial charge in [-0.25, -0.2) is 14.4 Å². The van der Waals surface area contributed by atoms with E-state index in [-0.39, 0.29) is 23.9 Å². The Labute approximate surface area is 185 Å².